The van der Waals surface area contributed by atoms with Gasteiger partial charge >= 0.3 is 0 Å². The van der Waals surface area contributed by atoms with Gasteiger partial charge in [0.15, 0.2) is 0 Å². The van der Waals surface area contributed by atoms with Gasteiger partial charge in [0, 0.05) is 10.2 Å². The van der Waals surface area contributed by atoms with Gasteiger partial charge in [0.05, 0.1) is 7.11 Å². The molecule has 0 spiro atoms. The summed E-state index contributed by atoms with van der Waals surface area (Å²) in [4.78, 5) is 0.138. The Morgan fingerprint density at radius 3 is 2.23 bits per heavy atom. The molecule has 22 heavy (non-hydrogen) atoms. The Labute approximate surface area is 139 Å². The molecule has 1 N–H and O–H groups in total. The second-order valence-electron chi connectivity index (χ2n) is 5.16. The Morgan fingerprint density at radius 1 is 1.00 bits per heavy atom. The van der Waals surface area contributed by atoms with Crippen molar-refractivity contribution in [3.05, 3.63) is 51.5 Å². The maximum atomic E-state index is 12.6. The van der Waals surface area contributed by atoms with Crippen LogP contribution in [-0.2, 0) is 10.0 Å². The zero-order valence-corrected chi connectivity index (χ0v) is 15.3. The van der Waals surface area contributed by atoms with Gasteiger partial charge in [-0.3, -0.25) is 4.72 Å². The number of ether oxygens (including phenoxy) is 1. The maximum absolute atomic E-state index is 12.6. The molecule has 0 amide bonds. The lowest BCUT2D eigenvalue weighted by Gasteiger charge is -2.14. The largest absolute Gasteiger partial charge is 0.495 e. The molecule has 0 saturated heterocycles. The minimum Gasteiger partial charge on any atom is -0.495 e. The summed E-state index contributed by atoms with van der Waals surface area (Å²) in [6, 6.07) is 8.65. The fourth-order valence-electron chi connectivity index (χ4n) is 2.05. The highest BCUT2D eigenvalue weighted by atomic mass is 79.9. The van der Waals surface area contributed by atoms with Gasteiger partial charge in [0.25, 0.3) is 10.0 Å². The van der Waals surface area contributed by atoms with Gasteiger partial charge in [-0.1, -0.05) is 15.9 Å². The Kier molecular flexibility index (Phi) is 4.82. The topological polar surface area (TPSA) is 55.4 Å². The van der Waals surface area contributed by atoms with E-state index in [1.807, 2.05) is 26.8 Å². The third-order valence-electron chi connectivity index (χ3n) is 3.48. The van der Waals surface area contributed by atoms with Gasteiger partial charge in [0.2, 0.25) is 0 Å². The van der Waals surface area contributed by atoms with Crippen LogP contribution in [0.3, 0.4) is 0 Å². The molecular weight excluding hydrogens is 366 g/mol. The first-order valence-corrected chi connectivity index (χ1v) is 8.96. The lowest BCUT2D eigenvalue weighted by atomic mass is 10.1. The number of hydrogen-bond donors (Lipinski definition) is 1. The Hall–Kier alpha value is -1.53. The normalized spacial score (nSPS) is 11.3. The molecule has 0 aliphatic heterocycles. The van der Waals surface area contributed by atoms with Crippen LogP contribution in [-0.4, -0.2) is 15.5 Å². The fourth-order valence-corrected chi connectivity index (χ4v) is 3.58. The second kappa shape index (κ2) is 6.30. The Bertz CT molecular complexity index is 816. The molecule has 2 rings (SSSR count). The minimum absolute atomic E-state index is 0.138. The molecule has 0 aromatic heterocycles. The minimum atomic E-state index is -3.72. The van der Waals surface area contributed by atoms with Crippen LogP contribution >= 0.6 is 15.9 Å². The summed E-state index contributed by atoms with van der Waals surface area (Å²) in [7, 11) is -2.25. The van der Waals surface area contributed by atoms with Crippen molar-refractivity contribution in [3.8, 4) is 5.75 Å². The maximum Gasteiger partial charge on any atom is 0.265 e. The molecule has 0 saturated carbocycles. The van der Waals surface area contributed by atoms with Crippen molar-refractivity contribution >= 4 is 31.6 Å². The molecule has 6 heteroatoms. The molecule has 0 heterocycles. The van der Waals surface area contributed by atoms with Gasteiger partial charge in [-0.15, -0.1) is 0 Å². The first-order valence-electron chi connectivity index (χ1n) is 6.69. The van der Waals surface area contributed by atoms with Crippen LogP contribution in [0.1, 0.15) is 16.7 Å². The van der Waals surface area contributed by atoms with Gasteiger partial charge in [-0.05, 0) is 67.8 Å². The van der Waals surface area contributed by atoms with Crippen LogP contribution in [0.5, 0.6) is 5.75 Å². The highest BCUT2D eigenvalue weighted by Gasteiger charge is 2.21. The van der Waals surface area contributed by atoms with Crippen molar-refractivity contribution in [2.75, 3.05) is 11.8 Å². The zero-order chi connectivity index (χ0) is 16.5. The number of anilines is 1. The van der Waals surface area contributed by atoms with E-state index in [4.69, 9.17) is 4.74 Å². The zero-order valence-electron chi connectivity index (χ0n) is 12.9. The highest BCUT2D eigenvalue weighted by molar-refractivity contribution is 9.10. The first kappa shape index (κ1) is 16.8. The molecule has 0 radical (unpaired) electrons. The van der Waals surface area contributed by atoms with E-state index in [1.165, 1.54) is 7.11 Å². The van der Waals surface area contributed by atoms with E-state index in [0.717, 1.165) is 21.2 Å². The van der Waals surface area contributed by atoms with E-state index in [0.29, 0.717) is 11.4 Å². The van der Waals surface area contributed by atoms with Crippen molar-refractivity contribution in [2.45, 2.75) is 25.7 Å². The number of aryl methyl sites for hydroxylation is 3. The molecule has 2 aromatic rings. The quantitative estimate of drug-likeness (QED) is 0.860. The van der Waals surface area contributed by atoms with Crippen molar-refractivity contribution < 1.29 is 13.2 Å². The van der Waals surface area contributed by atoms with Crippen LogP contribution in [0.15, 0.2) is 39.7 Å². The van der Waals surface area contributed by atoms with Gasteiger partial charge in [-0.2, -0.15) is 0 Å². The number of sulfonamides is 1. The number of nitrogens with one attached hydrogen (secondary N) is 1. The van der Waals surface area contributed by atoms with Crippen LogP contribution < -0.4 is 9.46 Å². The van der Waals surface area contributed by atoms with E-state index in [-0.39, 0.29) is 4.90 Å². The standard InChI is InChI=1S/C16H18BrNO3S/c1-10-8-15(21-4)16(9-11(10)2)22(19,20)18-13-5-6-14(17)12(3)7-13/h5-9,18H,1-4H3. The summed E-state index contributed by atoms with van der Waals surface area (Å²) in [5.41, 5.74) is 3.34. The SMILES string of the molecule is COc1cc(C)c(C)cc1S(=O)(=O)Nc1ccc(Br)c(C)c1. The van der Waals surface area contributed by atoms with E-state index >= 15 is 0 Å². The third-order valence-corrected chi connectivity index (χ3v) is 5.77. The molecule has 2 aromatic carbocycles. The lowest BCUT2D eigenvalue weighted by Crippen LogP contribution is -2.14. The van der Waals surface area contributed by atoms with Crippen molar-refractivity contribution in [1.29, 1.82) is 0 Å². The summed E-state index contributed by atoms with van der Waals surface area (Å²) in [5, 5.41) is 0. The smallest absolute Gasteiger partial charge is 0.265 e. The summed E-state index contributed by atoms with van der Waals surface area (Å²) in [6.07, 6.45) is 0. The van der Waals surface area contributed by atoms with Crippen LogP contribution in [0.25, 0.3) is 0 Å². The Balaban J connectivity index is 2.46. The lowest BCUT2D eigenvalue weighted by molar-refractivity contribution is 0.402. The van der Waals surface area contributed by atoms with E-state index in [1.54, 1.807) is 24.3 Å². The predicted octanol–water partition coefficient (Wildman–Crippen LogP) is 4.18. The van der Waals surface area contributed by atoms with Crippen LogP contribution in [0.2, 0.25) is 0 Å². The van der Waals surface area contributed by atoms with Crippen molar-refractivity contribution in [2.24, 2.45) is 0 Å². The molecule has 4 nitrogen and oxygen atoms in total. The monoisotopic (exact) mass is 383 g/mol. The molecule has 0 fully saturated rings. The summed E-state index contributed by atoms with van der Waals surface area (Å²) >= 11 is 3.40. The highest BCUT2D eigenvalue weighted by Crippen LogP contribution is 2.29. The number of halogens is 1. The summed E-state index contributed by atoms with van der Waals surface area (Å²) < 4.78 is 34.0. The van der Waals surface area contributed by atoms with E-state index in [2.05, 4.69) is 20.7 Å². The second-order valence-corrected chi connectivity index (χ2v) is 7.66. The van der Waals surface area contributed by atoms with Crippen LogP contribution in [0, 0.1) is 20.8 Å². The number of hydrogen-bond acceptors (Lipinski definition) is 3. The number of rotatable bonds is 4. The molecule has 0 unspecified atom stereocenters. The number of methoxy groups -OCH3 is 1. The number of benzene rings is 2. The fraction of sp³-hybridized carbons (Fsp3) is 0.250. The molecule has 0 aliphatic carbocycles. The van der Waals surface area contributed by atoms with Crippen molar-refractivity contribution in [1.82, 2.24) is 0 Å². The molecular formula is C16H18BrNO3S. The van der Waals surface area contributed by atoms with E-state index in [9.17, 15) is 8.42 Å². The third kappa shape index (κ3) is 3.44. The molecule has 118 valence electrons. The van der Waals surface area contributed by atoms with E-state index < -0.39 is 10.0 Å². The molecule has 0 bridgehead atoms. The average molecular weight is 384 g/mol. The van der Waals surface area contributed by atoms with Gasteiger partial charge in [-0.25, -0.2) is 8.42 Å². The molecule has 0 atom stereocenters. The van der Waals surface area contributed by atoms with Gasteiger partial charge in [0.1, 0.15) is 10.6 Å². The van der Waals surface area contributed by atoms with Crippen LogP contribution in [0.4, 0.5) is 5.69 Å². The first-order chi connectivity index (χ1) is 10.2. The average Bonchev–Trinajstić information content (AvgIpc) is 2.45. The predicted molar refractivity (Wildman–Crippen MR) is 92.2 cm³/mol. The van der Waals surface area contributed by atoms with Gasteiger partial charge < -0.3 is 4.74 Å². The van der Waals surface area contributed by atoms with Crippen molar-refractivity contribution in [3.63, 3.8) is 0 Å². The summed E-state index contributed by atoms with van der Waals surface area (Å²) in [6.45, 7) is 5.69. The Morgan fingerprint density at radius 2 is 1.64 bits per heavy atom. The summed E-state index contributed by atoms with van der Waals surface area (Å²) in [5.74, 6) is 0.337. The molecule has 0 aliphatic rings.